The zero-order valence-corrected chi connectivity index (χ0v) is 12.9. The molecule has 1 aromatic rings. The van der Waals surface area contributed by atoms with E-state index < -0.39 is 0 Å². The van der Waals surface area contributed by atoms with Gasteiger partial charge in [-0.1, -0.05) is 13.8 Å². The third kappa shape index (κ3) is 3.18. The summed E-state index contributed by atoms with van der Waals surface area (Å²) in [4.78, 5) is 17.0. The number of carbonyl (C=O) groups excluding carboxylic acids is 1. The minimum Gasteiger partial charge on any atom is -0.324 e. The van der Waals surface area contributed by atoms with Crippen molar-refractivity contribution < 1.29 is 4.79 Å². The molecule has 1 amide bonds. The summed E-state index contributed by atoms with van der Waals surface area (Å²) in [6, 6.07) is 3.86. The normalized spacial score (nSPS) is 19.7. The molecular weight excluding hydrogens is 250 g/mol. The SMILES string of the molecule is Cc1ccc(NC(=O)C(C)(C)C2CCCNC2)c(C)n1. The van der Waals surface area contributed by atoms with Gasteiger partial charge in [-0.2, -0.15) is 0 Å². The van der Waals surface area contributed by atoms with Crippen LogP contribution in [0, 0.1) is 25.2 Å². The minimum absolute atomic E-state index is 0.0833. The lowest BCUT2D eigenvalue weighted by molar-refractivity contribution is -0.127. The molecule has 0 bridgehead atoms. The van der Waals surface area contributed by atoms with Crippen molar-refractivity contribution in [3.05, 3.63) is 23.5 Å². The number of hydrogen-bond acceptors (Lipinski definition) is 3. The summed E-state index contributed by atoms with van der Waals surface area (Å²) >= 11 is 0. The Balaban J connectivity index is 2.09. The summed E-state index contributed by atoms with van der Waals surface area (Å²) in [5.41, 5.74) is 2.29. The number of carbonyl (C=O) groups is 1. The molecule has 0 aliphatic carbocycles. The fourth-order valence-corrected chi connectivity index (χ4v) is 2.76. The van der Waals surface area contributed by atoms with Crippen molar-refractivity contribution >= 4 is 11.6 Å². The van der Waals surface area contributed by atoms with Gasteiger partial charge >= 0.3 is 0 Å². The van der Waals surface area contributed by atoms with E-state index in [4.69, 9.17) is 0 Å². The molecular formula is C16H25N3O. The fraction of sp³-hybridized carbons (Fsp3) is 0.625. The first-order chi connectivity index (χ1) is 9.41. The highest BCUT2D eigenvalue weighted by Crippen LogP contribution is 2.33. The molecule has 0 aromatic carbocycles. The maximum atomic E-state index is 12.6. The second kappa shape index (κ2) is 5.92. The van der Waals surface area contributed by atoms with E-state index >= 15 is 0 Å². The lowest BCUT2D eigenvalue weighted by Gasteiger charge is -2.36. The van der Waals surface area contributed by atoms with Crippen molar-refractivity contribution in [2.45, 2.75) is 40.5 Å². The van der Waals surface area contributed by atoms with Crippen LogP contribution in [0.1, 0.15) is 38.1 Å². The van der Waals surface area contributed by atoms with E-state index in [1.54, 1.807) is 0 Å². The molecule has 110 valence electrons. The molecule has 1 aromatic heterocycles. The first-order valence-corrected chi connectivity index (χ1v) is 7.37. The number of aryl methyl sites for hydroxylation is 2. The Hall–Kier alpha value is -1.42. The Labute approximate surface area is 121 Å². The number of hydrogen-bond donors (Lipinski definition) is 2. The van der Waals surface area contributed by atoms with Crippen LogP contribution in [0.25, 0.3) is 0 Å². The summed E-state index contributed by atoms with van der Waals surface area (Å²) in [6.07, 6.45) is 2.26. The van der Waals surface area contributed by atoms with Crippen LogP contribution in [-0.4, -0.2) is 24.0 Å². The maximum Gasteiger partial charge on any atom is 0.230 e. The molecule has 1 atom stereocenters. The van der Waals surface area contributed by atoms with Gasteiger partial charge in [-0.3, -0.25) is 9.78 Å². The monoisotopic (exact) mass is 275 g/mol. The number of nitrogens with zero attached hydrogens (tertiary/aromatic N) is 1. The first-order valence-electron chi connectivity index (χ1n) is 7.37. The molecule has 20 heavy (non-hydrogen) atoms. The van der Waals surface area contributed by atoms with Gasteiger partial charge in [0.1, 0.15) is 0 Å². The van der Waals surface area contributed by atoms with Gasteiger partial charge in [-0.15, -0.1) is 0 Å². The second-order valence-corrected chi connectivity index (χ2v) is 6.30. The first kappa shape index (κ1) is 15.0. The topological polar surface area (TPSA) is 54.0 Å². The number of rotatable bonds is 3. The number of piperidine rings is 1. The van der Waals surface area contributed by atoms with Crippen molar-refractivity contribution in [2.75, 3.05) is 18.4 Å². The molecule has 2 heterocycles. The van der Waals surface area contributed by atoms with E-state index in [-0.39, 0.29) is 11.3 Å². The van der Waals surface area contributed by atoms with Crippen LogP contribution in [0.3, 0.4) is 0 Å². The number of anilines is 1. The van der Waals surface area contributed by atoms with Gasteiger partial charge in [0.05, 0.1) is 11.4 Å². The van der Waals surface area contributed by atoms with Crippen LogP contribution in [0.4, 0.5) is 5.69 Å². The summed E-state index contributed by atoms with van der Waals surface area (Å²) in [6.45, 7) is 9.95. The van der Waals surface area contributed by atoms with Gasteiger partial charge in [0.2, 0.25) is 5.91 Å². The molecule has 1 saturated heterocycles. The van der Waals surface area contributed by atoms with Crippen molar-refractivity contribution in [3.8, 4) is 0 Å². The second-order valence-electron chi connectivity index (χ2n) is 6.30. The Morgan fingerprint density at radius 3 is 2.75 bits per heavy atom. The van der Waals surface area contributed by atoms with Crippen molar-refractivity contribution in [2.24, 2.45) is 11.3 Å². The van der Waals surface area contributed by atoms with Crippen LogP contribution in [-0.2, 0) is 4.79 Å². The van der Waals surface area contributed by atoms with Crippen LogP contribution < -0.4 is 10.6 Å². The maximum absolute atomic E-state index is 12.6. The molecule has 2 N–H and O–H groups in total. The fourth-order valence-electron chi connectivity index (χ4n) is 2.76. The Kier molecular flexibility index (Phi) is 4.43. The standard InChI is InChI=1S/C16H25N3O/c1-11-7-8-14(12(2)18-11)19-15(20)16(3,4)13-6-5-9-17-10-13/h7-8,13,17H,5-6,9-10H2,1-4H3,(H,19,20). The molecule has 2 rings (SSSR count). The van der Waals surface area contributed by atoms with Gasteiger partial charge in [0.15, 0.2) is 0 Å². The predicted octanol–water partition coefficient (Wildman–Crippen LogP) is 2.66. The van der Waals surface area contributed by atoms with Gasteiger partial charge in [0, 0.05) is 11.1 Å². The zero-order valence-electron chi connectivity index (χ0n) is 12.9. The van der Waals surface area contributed by atoms with Crippen molar-refractivity contribution in [1.29, 1.82) is 0 Å². The molecule has 1 unspecified atom stereocenters. The lowest BCUT2D eigenvalue weighted by atomic mass is 9.74. The number of aromatic nitrogens is 1. The molecule has 0 spiro atoms. The molecule has 4 heteroatoms. The Morgan fingerprint density at radius 1 is 1.40 bits per heavy atom. The van der Waals surface area contributed by atoms with Crippen LogP contribution >= 0.6 is 0 Å². The largest absolute Gasteiger partial charge is 0.324 e. The van der Waals surface area contributed by atoms with E-state index in [9.17, 15) is 4.79 Å². The summed E-state index contributed by atoms with van der Waals surface area (Å²) in [5.74, 6) is 0.468. The van der Waals surface area contributed by atoms with E-state index in [0.717, 1.165) is 43.0 Å². The summed E-state index contributed by atoms with van der Waals surface area (Å²) in [7, 11) is 0. The van der Waals surface area contributed by atoms with E-state index in [0.29, 0.717) is 5.92 Å². The number of amides is 1. The average Bonchev–Trinajstić information content (AvgIpc) is 2.42. The van der Waals surface area contributed by atoms with Gasteiger partial charge in [-0.05, 0) is 57.8 Å². The number of pyridine rings is 1. The Morgan fingerprint density at radius 2 is 2.15 bits per heavy atom. The zero-order chi connectivity index (χ0) is 14.8. The van der Waals surface area contributed by atoms with Gasteiger partial charge < -0.3 is 10.6 Å². The van der Waals surface area contributed by atoms with Crippen molar-refractivity contribution in [1.82, 2.24) is 10.3 Å². The van der Waals surface area contributed by atoms with E-state index in [1.165, 1.54) is 0 Å². The van der Waals surface area contributed by atoms with Crippen LogP contribution in [0.15, 0.2) is 12.1 Å². The third-order valence-corrected chi connectivity index (χ3v) is 4.38. The number of nitrogens with one attached hydrogen (secondary N) is 2. The summed E-state index contributed by atoms with van der Waals surface area (Å²) < 4.78 is 0. The molecule has 0 radical (unpaired) electrons. The van der Waals surface area contributed by atoms with Crippen LogP contribution in [0.5, 0.6) is 0 Å². The molecule has 1 fully saturated rings. The summed E-state index contributed by atoms with van der Waals surface area (Å²) in [5, 5.41) is 6.43. The highest BCUT2D eigenvalue weighted by atomic mass is 16.2. The van der Waals surface area contributed by atoms with Crippen molar-refractivity contribution in [3.63, 3.8) is 0 Å². The molecule has 1 aliphatic heterocycles. The quantitative estimate of drug-likeness (QED) is 0.891. The smallest absolute Gasteiger partial charge is 0.230 e. The van der Waals surface area contributed by atoms with Gasteiger partial charge in [-0.25, -0.2) is 0 Å². The molecule has 0 saturated carbocycles. The highest BCUT2D eigenvalue weighted by Gasteiger charge is 2.37. The predicted molar refractivity (Wildman–Crippen MR) is 81.7 cm³/mol. The van der Waals surface area contributed by atoms with E-state index in [2.05, 4.69) is 15.6 Å². The molecule has 1 aliphatic rings. The minimum atomic E-state index is -0.370. The van der Waals surface area contributed by atoms with Crippen LogP contribution in [0.2, 0.25) is 0 Å². The lowest BCUT2D eigenvalue weighted by Crippen LogP contribution is -2.44. The molecule has 4 nitrogen and oxygen atoms in total. The average molecular weight is 275 g/mol. The van der Waals surface area contributed by atoms with Gasteiger partial charge in [0.25, 0.3) is 0 Å². The van der Waals surface area contributed by atoms with E-state index in [1.807, 2.05) is 39.8 Å². The third-order valence-electron chi connectivity index (χ3n) is 4.38. The Bertz CT molecular complexity index is 490. The highest BCUT2D eigenvalue weighted by molar-refractivity contribution is 5.95.